The molecule has 0 spiro atoms. The highest BCUT2D eigenvalue weighted by molar-refractivity contribution is 7.12. The van der Waals surface area contributed by atoms with Crippen LogP contribution in [0.5, 0.6) is 0 Å². The Balaban J connectivity index is 1.92. The molecule has 0 saturated carbocycles. The first-order chi connectivity index (χ1) is 10.1. The van der Waals surface area contributed by atoms with Crippen LogP contribution in [0.25, 0.3) is 11.3 Å². The van der Waals surface area contributed by atoms with Gasteiger partial charge in [-0.15, -0.1) is 11.3 Å². The Bertz CT molecular complexity index is 598. The minimum Gasteiger partial charge on any atom is -0.314 e. The summed E-state index contributed by atoms with van der Waals surface area (Å²) in [5.74, 6) is 0. The van der Waals surface area contributed by atoms with E-state index in [0.29, 0.717) is 0 Å². The van der Waals surface area contributed by atoms with E-state index in [1.54, 1.807) is 0 Å². The lowest BCUT2D eigenvalue weighted by molar-refractivity contribution is 0.102. The highest BCUT2D eigenvalue weighted by Gasteiger charge is 2.33. The van der Waals surface area contributed by atoms with Gasteiger partial charge in [-0.25, -0.2) is 4.98 Å². The molecule has 2 heterocycles. The van der Waals surface area contributed by atoms with E-state index in [2.05, 4.69) is 61.3 Å². The van der Waals surface area contributed by atoms with E-state index >= 15 is 0 Å². The van der Waals surface area contributed by atoms with Crippen LogP contribution in [-0.4, -0.2) is 36.1 Å². The maximum absolute atomic E-state index is 4.98. The second-order valence-corrected chi connectivity index (χ2v) is 7.29. The Hall–Kier alpha value is -1.23. The van der Waals surface area contributed by atoms with Gasteiger partial charge in [0, 0.05) is 36.6 Å². The van der Waals surface area contributed by atoms with Crippen LogP contribution in [0.15, 0.2) is 30.3 Å². The molecule has 2 aromatic rings. The number of hydrogen-bond donors (Lipinski definition) is 1. The average molecular weight is 301 g/mol. The Morgan fingerprint density at radius 1 is 1.14 bits per heavy atom. The monoisotopic (exact) mass is 301 g/mol. The van der Waals surface area contributed by atoms with Gasteiger partial charge in [-0.3, -0.25) is 4.90 Å². The standard InChI is InChI=1S/C17H23N3S/c1-13-15(14-7-5-4-6-8-14)19-16(21-13)17(2,3)20-11-9-18-10-12-20/h4-8,18H,9-12H2,1-3H3. The van der Waals surface area contributed by atoms with Crippen molar-refractivity contribution in [3.05, 3.63) is 40.2 Å². The van der Waals surface area contributed by atoms with E-state index in [4.69, 9.17) is 4.98 Å². The summed E-state index contributed by atoms with van der Waals surface area (Å²) in [6.07, 6.45) is 0. The average Bonchev–Trinajstić information content (AvgIpc) is 2.92. The molecule has 0 aliphatic carbocycles. The lowest BCUT2D eigenvalue weighted by atomic mass is 10.0. The minimum absolute atomic E-state index is 0.00452. The summed E-state index contributed by atoms with van der Waals surface area (Å²) in [7, 11) is 0. The van der Waals surface area contributed by atoms with E-state index in [-0.39, 0.29) is 5.54 Å². The van der Waals surface area contributed by atoms with E-state index in [0.717, 1.165) is 31.9 Å². The van der Waals surface area contributed by atoms with Crippen LogP contribution in [0.4, 0.5) is 0 Å². The van der Waals surface area contributed by atoms with Gasteiger partial charge >= 0.3 is 0 Å². The van der Waals surface area contributed by atoms with Crippen molar-refractivity contribution in [2.75, 3.05) is 26.2 Å². The highest BCUT2D eigenvalue weighted by atomic mass is 32.1. The van der Waals surface area contributed by atoms with Crippen LogP contribution in [-0.2, 0) is 5.54 Å². The number of hydrogen-bond acceptors (Lipinski definition) is 4. The van der Waals surface area contributed by atoms with Crippen LogP contribution in [0.1, 0.15) is 23.7 Å². The van der Waals surface area contributed by atoms with Gasteiger partial charge in [0.15, 0.2) is 0 Å². The molecule has 3 rings (SSSR count). The van der Waals surface area contributed by atoms with Crippen molar-refractivity contribution >= 4 is 11.3 Å². The van der Waals surface area contributed by atoms with Gasteiger partial charge in [0.05, 0.1) is 11.2 Å². The number of piperazine rings is 1. The molecule has 0 atom stereocenters. The number of nitrogens with zero attached hydrogens (tertiary/aromatic N) is 2. The minimum atomic E-state index is 0.00452. The predicted molar refractivity (Wildman–Crippen MR) is 89.8 cm³/mol. The SMILES string of the molecule is Cc1sc(C(C)(C)N2CCNCC2)nc1-c1ccccc1. The van der Waals surface area contributed by atoms with Gasteiger partial charge in [-0.2, -0.15) is 0 Å². The van der Waals surface area contributed by atoms with Crippen molar-refractivity contribution in [2.24, 2.45) is 0 Å². The molecule has 1 aliphatic rings. The first-order valence-electron chi connectivity index (χ1n) is 7.58. The quantitative estimate of drug-likeness (QED) is 0.943. The van der Waals surface area contributed by atoms with Crippen molar-refractivity contribution in [2.45, 2.75) is 26.3 Å². The molecule has 21 heavy (non-hydrogen) atoms. The number of benzene rings is 1. The van der Waals surface area contributed by atoms with Gasteiger partial charge in [-0.1, -0.05) is 30.3 Å². The van der Waals surface area contributed by atoms with Gasteiger partial charge in [0.1, 0.15) is 5.01 Å². The predicted octanol–water partition coefficient (Wildman–Crippen LogP) is 3.26. The van der Waals surface area contributed by atoms with Crippen molar-refractivity contribution in [1.29, 1.82) is 0 Å². The molecule has 1 N–H and O–H groups in total. The third-order valence-electron chi connectivity index (χ3n) is 4.27. The topological polar surface area (TPSA) is 28.2 Å². The largest absolute Gasteiger partial charge is 0.314 e. The molecule has 1 saturated heterocycles. The van der Waals surface area contributed by atoms with Crippen molar-refractivity contribution in [3.63, 3.8) is 0 Å². The number of aryl methyl sites for hydroxylation is 1. The molecule has 1 aromatic carbocycles. The summed E-state index contributed by atoms with van der Waals surface area (Å²) < 4.78 is 0. The molecule has 0 bridgehead atoms. The summed E-state index contributed by atoms with van der Waals surface area (Å²) >= 11 is 1.84. The van der Waals surface area contributed by atoms with Crippen LogP contribution >= 0.6 is 11.3 Å². The second-order valence-electron chi connectivity index (χ2n) is 6.09. The Labute approximate surface area is 131 Å². The molecule has 0 unspecified atom stereocenters. The summed E-state index contributed by atoms with van der Waals surface area (Å²) in [6.45, 7) is 11.1. The van der Waals surface area contributed by atoms with E-state index in [1.165, 1.54) is 15.4 Å². The first-order valence-corrected chi connectivity index (χ1v) is 8.40. The molecule has 1 fully saturated rings. The van der Waals surface area contributed by atoms with Crippen LogP contribution in [0.3, 0.4) is 0 Å². The Kier molecular flexibility index (Phi) is 4.11. The fourth-order valence-electron chi connectivity index (χ4n) is 2.88. The zero-order valence-corrected chi connectivity index (χ0v) is 13.8. The van der Waals surface area contributed by atoms with Crippen LogP contribution in [0, 0.1) is 6.92 Å². The molecular formula is C17H23N3S. The van der Waals surface area contributed by atoms with E-state index in [1.807, 2.05) is 11.3 Å². The number of rotatable bonds is 3. The third kappa shape index (κ3) is 2.89. The first kappa shape index (κ1) is 14.7. The number of thiazole rings is 1. The third-order valence-corrected chi connectivity index (χ3v) is 5.56. The molecule has 0 radical (unpaired) electrons. The molecule has 3 nitrogen and oxygen atoms in total. The van der Waals surface area contributed by atoms with Gasteiger partial charge < -0.3 is 5.32 Å². The summed E-state index contributed by atoms with van der Waals surface area (Å²) in [5, 5.41) is 4.64. The smallest absolute Gasteiger partial charge is 0.113 e. The number of aromatic nitrogens is 1. The molecule has 0 amide bonds. The van der Waals surface area contributed by atoms with Gasteiger partial charge in [0.25, 0.3) is 0 Å². The maximum atomic E-state index is 4.98. The van der Waals surface area contributed by atoms with E-state index < -0.39 is 0 Å². The second kappa shape index (κ2) is 5.87. The van der Waals surface area contributed by atoms with Crippen LogP contribution in [0.2, 0.25) is 0 Å². The Morgan fingerprint density at radius 2 is 1.81 bits per heavy atom. The molecule has 1 aliphatic heterocycles. The van der Waals surface area contributed by atoms with Crippen molar-refractivity contribution < 1.29 is 0 Å². The maximum Gasteiger partial charge on any atom is 0.113 e. The van der Waals surface area contributed by atoms with Gasteiger partial charge in [-0.05, 0) is 20.8 Å². The summed E-state index contributed by atoms with van der Waals surface area (Å²) in [6, 6.07) is 10.5. The molecule has 1 aromatic heterocycles. The normalized spacial score (nSPS) is 17.1. The highest BCUT2D eigenvalue weighted by Crippen LogP contribution is 2.36. The van der Waals surface area contributed by atoms with Crippen LogP contribution < -0.4 is 5.32 Å². The summed E-state index contributed by atoms with van der Waals surface area (Å²) in [5.41, 5.74) is 2.36. The molecule has 112 valence electrons. The lowest BCUT2D eigenvalue weighted by Gasteiger charge is -2.39. The fourth-order valence-corrected chi connectivity index (χ4v) is 3.95. The van der Waals surface area contributed by atoms with Crippen molar-refractivity contribution in [3.8, 4) is 11.3 Å². The Morgan fingerprint density at radius 3 is 2.48 bits per heavy atom. The van der Waals surface area contributed by atoms with Gasteiger partial charge in [0.2, 0.25) is 0 Å². The van der Waals surface area contributed by atoms with Crippen molar-refractivity contribution in [1.82, 2.24) is 15.2 Å². The number of nitrogens with one attached hydrogen (secondary N) is 1. The zero-order valence-electron chi connectivity index (χ0n) is 13.0. The molecule has 4 heteroatoms. The summed E-state index contributed by atoms with van der Waals surface area (Å²) in [4.78, 5) is 8.83. The van der Waals surface area contributed by atoms with E-state index in [9.17, 15) is 0 Å². The fraction of sp³-hybridized carbons (Fsp3) is 0.471. The molecular weight excluding hydrogens is 278 g/mol. The lowest BCUT2D eigenvalue weighted by Crippen LogP contribution is -2.51. The zero-order chi connectivity index (χ0) is 14.9.